The molecule has 2 bridgehead atoms. The van der Waals surface area contributed by atoms with Crippen molar-refractivity contribution in [1.29, 1.82) is 0 Å². The van der Waals surface area contributed by atoms with Crippen molar-refractivity contribution in [3.8, 4) is 108 Å². The monoisotopic (exact) mass is 936 g/mol. The predicted molar refractivity (Wildman–Crippen MR) is 207 cm³/mol. The minimum atomic E-state index is -2.56. The molecule has 26 heteroatoms. The van der Waals surface area contributed by atoms with Gasteiger partial charge in [-0.1, -0.05) is 0 Å². The number of ether oxygens (including phenoxy) is 6. The minimum Gasteiger partial charge on any atom is -0.504 e. The second-order valence-electron chi connectivity index (χ2n) is 14.6. The van der Waals surface area contributed by atoms with Crippen LogP contribution < -0.4 is 0 Å². The van der Waals surface area contributed by atoms with Gasteiger partial charge in [0.15, 0.2) is 75.5 Å². The normalized spacial score (nSPS) is 20.0. The molecule has 3 heterocycles. The molecular weight excluding hydrogens is 908 g/mol. The molecule has 0 aromatic heterocycles. The molecule has 3 aliphatic heterocycles. The summed E-state index contributed by atoms with van der Waals surface area (Å²) in [5, 5.41) is 159. The third-order valence-corrected chi connectivity index (χ3v) is 10.6. The molecular formula is C41H28O26. The van der Waals surface area contributed by atoms with E-state index in [1.54, 1.807) is 0 Å². The Bertz CT molecular complexity index is 3020. The summed E-state index contributed by atoms with van der Waals surface area (Å²) < 4.78 is 33.6. The van der Waals surface area contributed by atoms with Gasteiger partial charge in [-0.15, -0.1) is 0 Å². The van der Waals surface area contributed by atoms with Crippen LogP contribution in [0.5, 0.6) is 86.2 Å². The number of rotatable bonds is 2. The topological polar surface area (TPSA) is 444 Å². The van der Waals surface area contributed by atoms with Crippen LogP contribution >= 0.6 is 0 Å². The van der Waals surface area contributed by atoms with Crippen molar-refractivity contribution in [2.24, 2.45) is 0 Å². The van der Waals surface area contributed by atoms with Crippen molar-refractivity contribution in [2.75, 3.05) is 6.61 Å². The van der Waals surface area contributed by atoms with Crippen molar-refractivity contribution in [3.05, 3.63) is 64.2 Å². The van der Waals surface area contributed by atoms with Crippen LogP contribution in [0.15, 0.2) is 36.4 Å². The zero-order valence-corrected chi connectivity index (χ0v) is 32.8. The van der Waals surface area contributed by atoms with Crippen LogP contribution in [0.25, 0.3) is 22.3 Å². The Balaban J connectivity index is 1.37. The van der Waals surface area contributed by atoms with Crippen LogP contribution in [0.1, 0.15) is 51.8 Å². The highest BCUT2D eigenvalue weighted by Gasteiger charge is 2.56. The summed E-state index contributed by atoms with van der Waals surface area (Å²) in [6, 6.07) is 2.92. The van der Waals surface area contributed by atoms with E-state index in [0.29, 0.717) is 36.4 Å². The van der Waals surface area contributed by atoms with Crippen LogP contribution in [0.3, 0.4) is 0 Å². The average Bonchev–Trinajstić information content (AvgIpc) is 3.30. The van der Waals surface area contributed by atoms with Gasteiger partial charge in [0.1, 0.15) is 18.3 Å². The maximum atomic E-state index is 14.4. The zero-order chi connectivity index (χ0) is 48.8. The summed E-state index contributed by atoms with van der Waals surface area (Å²) in [6.07, 6.45) is -12.3. The summed E-state index contributed by atoms with van der Waals surface area (Å²) in [4.78, 5) is 70.5. The first-order chi connectivity index (χ1) is 31.5. The number of aromatic hydroxyl groups is 15. The molecule has 67 heavy (non-hydrogen) atoms. The minimum absolute atomic E-state index is 0.401. The molecule has 0 spiro atoms. The maximum absolute atomic E-state index is 14.4. The summed E-state index contributed by atoms with van der Waals surface area (Å²) in [5.74, 6) is -28.4. The van der Waals surface area contributed by atoms with Crippen molar-refractivity contribution in [1.82, 2.24) is 0 Å². The van der Waals surface area contributed by atoms with Gasteiger partial charge < -0.3 is 105 Å². The van der Waals surface area contributed by atoms with Gasteiger partial charge in [-0.3, -0.25) is 0 Å². The smallest absolute Gasteiger partial charge is 0.342 e. The fraction of sp³-hybridized carbons (Fsp3) is 0.146. The second kappa shape index (κ2) is 15.6. The Kier molecular flexibility index (Phi) is 10.2. The maximum Gasteiger partial charge on any atom is 0.342 e. The van der Waals surface area contributed by atoms with Gasteiger partial charge in [0.05, 0.1) is 22.3 Å². The van der Waals surface area contributed by atoms with Crippen molar-refractivity contribution in [3.63, 3.8) is 0 Å². The lowest BCUT2D eigenvalue weighted by Gasteiger charge is -2.43. The Labute approximate surface area is 368 Å². The number of hydrogen-bond acceptors (Lipinski definition) is 26. The summed E-state index contributed by atoms with van der Waals surface area (Å²) in [5.41, 5.74) is -9.16. The van der Waals surface area contributed by atoms with Crippen LogP contribution in [-0.2, 0) is 28.4 Å². The second-order valence-corrected chi connectivity index (χ2v) is 14.6. The number of phenols is 15. The summed E-state index contributed by atoms with van der Waals surface area (Å²) >= 11 is 0. The molecule has 0 amide bonds. The molecule has 0 saturated carbocycles. The standard InChI is InChI=1S/C41H28O26/c42-14-1-8(2-15(43)25(14)49)36(57)67-41-35-34(65-38(59)10-4-16(44)26(50)29(53)20(10)9-3-13(40(61)66-35)24(48)32(56)23(9)47)33-19(63-41)7-62-37(58)11-5-17(45)27(51)30(54)21(11)22-12(39(60)64-33)6-18(46)28(52)31(22)55/h1-6,19,33-35,41-56H,7H2. The molecule has 1 saturated heterocycles. The van der Waals surface area contributed by atoms with Crippen molar-refractivity contribution >= 4 is 29.8 Å². The number of fused-ring (bicyclic) bond motifs is 10. The third kappa shape index (κ3) is 6.91. The fourth-order valence-corrected chi connectivity index (χ4v) is 7.39. The lowest BCUT2D eigenvalue weighted by molar-refractivity contribution is -0.282. The molecule has 0 aliphatic carbocycles. The molecule has 1 fully saturated rings. The summed E-state index contributed by atoms with van der Waals surface area (Å²) in [7, 11) is 0. The average molecular weight is 937 g/mol. The van der Waals surface area contributed by atoms with Crippen molar-refractivity contribution < 1.29 is 129 Å². The van der Waals surface area contributed by atoms with Crippen LogP contribution in [0, 0.1) is 0 Å². The number of carbonyl (C=O) groups excluding carboxylic acids is 5. The van der Waals surface area contributed by atoms with E-state index in [4.69, 9.17) is 28.4 Å². The molecule has 3 aliphatic rings. The van der Waals surface area contributed by atoms with Crippen LogP contribution in [0.4, 0.5) is 0 Å². The SMILES string of the molecule is O=C(OC1OC2COC(=O)c3cc(O)c(O)c(O)c3-c3c(cc(O)c(O)c3O)C(=O)OC2C2OC(=O)c3cc(O)c(O)c(O)c3-c3cc(c(O)c(O)c3O)C(=O)OC12)c1cc(O)c(O)c(O)c1. The molecule has 5 aromatic carbocycles. The Hall–Kier alpha value is -9.59. The number of phenolic OH excluding ortho intramolecular Hbond substituents is 15. The van der Waals surface area contributed by atoms with E-state index in [1.807, 2.05) is 0 Å². The molecule has 5 atom stereocenters. The number of carbonyl (C=O) groups is 5. The molecule has 348 valence electrons. The number of cyclic esters (lactones) is 1. The fourth-order valence-electron chi connectivity index (χ4n) is 7.39. The molecule has 5 unspecified atom stereocenters. The first-order valence-electron chi connectivity index (χ1n) is 18.6. The Morgan fingerprint density at radius 2 is 0.836 bits per heavy atom. The Morgan fingerprint density at radius 1 is 0.418 bits per heavy atom. The van der Waals surface area contributed by atoms with Gasteiger partial charge in [0.25, 0.3) is 0 Å². The van der Waals surface area contributed by atoms with E-state index in [2.05, 4.69) is 0 Å². The molecule has 8 rings (SSSR count). The van der Waals surface area contributed by atoms with E-state index >= 15 is 0 Å². The first-order valence-corrected chi connectivity index (χ1v) is 18.6. The van der Waals surface area contributed by atoms with Gasteiger partial charge in [0.2, 0.25) is 35.4 Å². The van der Waals surface area contributed by atoms with Gasteiger partial charge in [-0.05, 0) is 36.4 Å². The number of esters is 5. The van der Waals surface area contributed by atoms with Crippen LogP contribution in [-0.4, -0.2) is 144 Å². The zero-order valence-electron chi connectivity index (χ0n) is 32.8. The molecule has 0 radical (unpaired) electrons. The number of benzene rings is 5. The van der Waals surface area contributed by atoms with E-state index in [0.717, 1.165) is 0 Å². The quantitative estimate of drug-likeness (QED) is 0.0679. The highest BCUT2D eigenvalue weighted by atomic mass is 16.7. The highest BCUT2D eigenvalue weighted by Crippen LogP contribution is 2.55. The number of hydrogen-bond donors (Lipinski definition) is 15. The van der Waals surface area contributed by atoms with E-state index in [-0.39, 0.29) is 0 Å². The van der Waals surface area contributed by atoms with Gasteiger partial charge in [-0.2, -0.15) is 0 Å². The van der Waals surface area contributed by atoms with Crippen LogP contribution in [0.2, 0.25) is 0 Å². The summed E-state index contributed by atoms with van der Waals surface area (Å²) in [6.45, 7) is -1.27. The van der Waals surface area contributed by atoms with Gasteiger partial charge in [0, 0.05) is 22.3 Å². The molecule has 5 aromatic rings. The lowest BCUT2D eigenvalue weighted by atomic mass is 9.92. The van der Waals surface area contributed by atoms with E-state index in [1.165, 1.54) is 0 Å². The predicted octanol–water partition coefficient (Wildman–Crippen LogP) is 1.65. The largest absolute Gasteiger partial charge is 0.504 e. The molecule has 26 nitrogen and oxygen atoms in total. The molecule has 15 N–H and O–H groups in total. The van der Waals surface area contributed by atoms with E-state index in [9.17, 15) is 101 Å². The first kappa shape index (κ1) is 44.0. The van der Waals surface area contributed by atoms with Crippen molar-refractivity contribution in [2.45, 2.75) is 30.7 Å². The lowest BCUT2D eigenvalue weighted by Crippen LogP contribution is -2.63. The van der Waals surface area contributed by atoms with Gasteiger partial charge >= 0.3 is 29.8 Å². The third-order valence-electron chi connectivity index (χ3n) is 10.6. The highest BCUT2D eigenvalue weighted by molar-refractivity contribution is 6.09. The van der Waals surface area contributed by atoms with Gasteiger partial charge in [-0.25, -0.2) is 24.0 Å². The Morgan fingerprint density at radius 3 is 1.37 bits per heavy atom. The van der Waals surface area contributed by atoms with E-state index < -0.39 is 203 Å².